The van der Waals surface area contributed by atoms with Crippen molar-refractivity contribution in [3.8, 4) is 0 Å². The molecule has 188 valence electrons. The lowest BCUT2D eigenvalue weighted by molar-refractivity contribution is 0.102. The van der Waals surface area contributed by atoms with Gasteiger partial charge in [0.15, 0.2) is 11.6 Å². The second kappa shape index (κ2) is 11.8. The number of benzene rings is 3. The third-order valence-corrected chi connectivity index (χ3v) is 5.68. The van der Waals surface area contributed by atoms with E-state index in [0.29, 0.717) is 29.9 Å². The van der Waals surface area contributed by atoms with Crippen LogP contribution < -0.4 is 16.4 Å². The normalized spacial score (nSPS) is 10.5. The number of rotatable bonds is 8. The molecule has 4 rings (SSSR count). The van der Waals surface area contributed by atoms with E-state index in [-0.39, 0.29) is 18.1 Å². The van der Waals surface area contributed by atoms with Crippen molar-refractivity contribution in [2.75, 3.05) is 22.9 Å². The Hall–Kier alpha value is -4.79. The van der Waals surface area contributed by atoms with Crippen LogP contribution in [-0.2, 0) is 13.0 Å². The van der Waals surface area contributed by atoms with Gasteiger partial charge in [0, 0.05) is 42.8 Å². The van der Waals surface area contributed by atoms with Gasteiger partial charge >= 0.3 is 6.03 Å². The fourth-order valence-electron chi connectivity index (χ4n) is 3.63. The predicted octanol–water partition coefficient (Wildman–Crippen LogP) is 5.47. The van der Waals surface area contributed by atoms with Crippen LogP contribution in [0.15, 0.2) is 91.3 Å². The first kappa shape index (κ1) is 25.3. The number of nitrogen functional groups attached to an aromatic ring is 1. The topological polar surface area (TPSA) is 100 Å². The molecular weight excluding hydrogens is 476 g/mol. The molecule has 3 amide bonds. The van der Waals surface area contributed by atoms with Crippen LogP contribution in [0.25, 0.3) is 0 Å². The standard InChI is InChI=1S/C28H25F2N5O2/c29-23-10-9-22(17-24(23)30)33-28(37)35(16-13-19-11-14-32-15-12-19)18-20-5-7-21(8-6-20)27(36)34-26-4-2-1-3-25(26)31/h1-12,14-15,17H,13,16,18,31H2,(H,33,37)(H,34,36). The molecule has 0 aliphatic heterocycles. The summed E-state index contributed by atoms with van der Waals surface area (Å²) in [7, 11) is 0. The van der Waals surface area contributed by atoms with Gasteiger partial charge in [-0.15, -0.1) is 0 Å². The van der Waals surface area contributed by atoms with Gasteiger partial charge < -0.3 is 21.3 Å². The van der Waals surface area contributed by atoms with E-state index in [1.165, 1.54) is 6.07 Å². The third-order valence-electron chi connectivity index (χ3n) is 5.68. The van der Waals surface area contributed by atoms with Crippen molar-refractivity contribution in [1.29, 1.82) is 0 Å². The Bertz CT molecular complexity index is 1380. The summed E-state index contributed by atoms with van der Waals surface area (Å²) in [6.45, 7) is 0.586. The number of para-hydroxylation sites is 2. The smallest absolute Gasteiger partial charge is 0.322 e. The van der Waals surface area contributed by atoms with Crippen molar-refractivity contribution >= 4 is 29.0 Å². The number of nitrogens with zero attached hydrogens (tertiary/aromatic N) is 2. The number of carbonyl (C=O) groups excluding carboxylic acids is 2. The van der Waals surface area contributed by atoms with Gasteiger partial charge in [-0.25, -0.2) is 13.6 Å². The fraction of sp³-hybridized carbons (Fsp3) is 0.107. The molecule has 1 heterocycles. The van der Waals surface area contributed by atoms with E-state index < -0.39 is 17.7 Å². The van der Waals surface area contributed by atoms with E-state index in [1.807, 2.05) is 12.1 Å². The van der Waals surface area contributed by atoms with Crippen molar-refractivity contribution in [1.82, 2.24) is 9.88 Å². The number of urea groups is 1. The molecule has 7 nitrogen and oxygen atoms in total. The molecule has 0 aliphatic rings. The molecule has 0 spiro atoms. The number of hydrogen-bond acceptors (Lipinski definition) is 4. The largest absolute Gasteiger partial charge is 0.397 e. The van der Waals surface area contributed by atoms with Gasteiger partial charge in [0.05, 0.1) is 11.4 Å². The Morgan fingerprint density at radius 3 is 2.27 bits per heavy atom. The lowest BCUT2D eigenvalue weighted by Crippen LogP contribution is -2.36. The van der Waals surface area contributed by atoms with Crippen LogP contribution in [0.4, 0.5) is 30.6 Å². The number of anilines is 3. The molecule has 0 atom stereocenters. The Morgan fingerprint density at radius 1 is 0.838 bits per heavy atom. The third kappa shape index (κ3) is 6.88. The average molecular weight is 502 g/mol. The molecule has 4 N–H and O–H groups in total. The number of pyridine rings is 1. The summed E-state index contributed by atoms with van der Waals surface area (Å²) in [5.74, 6) is -2.35. The van der Waals surface area contributed by atoms with Gasteiger partial charge in [-0.2, -0.15) is 0 Å². The van der Waals surface area contributed by atoms with Crippen LogP contribution in [0.3, 0.4) is 0 Å². The number of halogens is 2. The van der Waals surface area contributed by atoms with Crippen molar-refractivity contribution in [3.63, 3.8) is 0 Å². The van der Waals surface area contributed by atoms with Crippen molar-refractivity contribution < 1.29 is 18.4 Å². The first-order valence-corrected chi connectivity index (χ1v) is 11.5. The molecule has 9 heteroatoms. The molecule has 0 radical (unpaired) electrons. The zero-order valence-electron chi connectivity index (χ0n) is 19.8. The van der Waals surface area contributed by atoms with E-state index in [4.69, 9.17) is 5.73 Å². The number of nitrogens with one attached hydrogen (secondary N) is 2. The second-order valence-corrected chi connectivity index (χ2v) is 8.32. The average Bonchev–Trinajstić information content (AvgIpc) is 2.91. The summed E-state index contributed by atoms with van der Waals surface area (Å²) < 4.78 is 26.9. The highest BCUT2D eigenvalue weighted by molar-refractivity contribution is 6.05. The molecular formula is C28H25F2N5O2. The van der Waals surface area contributed by atoms with E-state index in [1.54, 1.807) is 65.8 Å². The number of amides is 3. The van der Waals surface area contributed by atoms with Gasteiger partial charge in [-0.05, 0) is 66.1 Å². The van der Waals surface area contributed by atoms with Crippen molar-refractivity contribution in [2.24, 2.45) is 0 Å². The fourth-order valence-corrected chi connectivity index (χ4v) is 3.63. The summed E-state index contributed by atoms with van der Waals surface area (Å²) >= 11 is 0. The molecule has 4 aromatic rings. The highest BCUT2D eigenvalue weighted by Gasteiger charge is 2.16. The van der Waals surface area contributed by atoms with Crippen molar-refractivity contribution in [2.45, 2.75) is 13.0 Å². The summed E-state index contributed by atoms with van der Waals surface area (Å²) in [4.78, 5) is 31.2. The number of nitrogens with two attached hydrogens (primary N) is 1. The summed E-state index contributed by atoms with van der Waals surface area (Å²) in [5, 5.41) is 5.40. The molecule has 0 saturated heterocycles. The Balaban J connectivity index is 1.46. The zero-order valence-corrected chi connectivity index (χ0v) is 19.8. The minimum atomic E-state index is -1.05. The zero-order chi connectivity index (χ0) is 26.2. The Kier molecular flexibility index (Phi) is 8.05. The van der Waals surface area contributed by atoms with Gasteiger partial charge in [0.1, 0.15) is 0 Å². The summed E-state index contributed by atoms with van der Waals surface area (Å²) in [6, 6.07) is 20.3. The lowest BCUT2D eigenvalue weighted by Gasteiger charge is -2.23. The maximum atomic E-state index is 13.6. The Morgan fingerprint density at radius 2 is 1.57 bits per heavy atom. The minimum Gasteiger partial charge on any atom is -0.397 e. The van der Waals surface area contributed by atoms with Crippen molar-refractivity contribution in [3.05, 3.63) is 120 Å². The number of aromatic nitrogens is 1. The van der Waals surface area contributed by atoms with Gasteiger partial charge in [0.25, 0.3) is 5.91 Å². The van der Waals surface area contributed by atoms with Gasteiger partial charge in [-0.3, -0.25) is 9.78 Å². The van der Waals surface area contributed by atoms with E-state index >= 15 is 0 Å². The number of hydrogen-bond donors (Lipinski definition) is 3. The monoisotopic (exact) mass is 501 g/mol. The molecule has 0 unspecified atom stereocenters. The molecule has 3 aromatic carbocycles. The summed E-state index contributed by atoms with van der Waals surface area (Å²) in [6.07, 6.45) is 3.91. The SMILES string of the molecule is Nc1ccccc1NC(=O)c1ccc(CN(CCc2ccncc2)C(=O)Nc2ccc(F)c(F)c2)cc1. The maximum absolute atomic E-state index is 13.6. The van der Waals surface area contributed by atoms with Gasteiger partial charge in [-0.1, -0.05) is 24.3 Å². The van der Waals surface area contributed by atoms with Crippen LogP contribution in [0.1, 0.15) is 21.5 Å². The second-order valence-electron chi connectivity index (χ2n) is 8.32. The van der Waals surface area contributed by atoms with Crippen LogP contribution in [0.5, 0.6) is 0 Å². The quantitative estimate of drug-likeness (QED) is 0.279. The Labute approximate surface area is 213 Å². The highest BCUT2D eigenvalue weighted by atomic mass is 19.2. The molecule has 0 fully saturated rings. The van der Waals surface area contributed by atoms with E-state index in [9.17, 15) is 18.4 Å². The first-order valence-electron chi connectivity index (χ1n) is 11.5. The predicted molar refractivity (Wildman–Crippen MR) is 139 cm³/mol. The first-order chi connectivity index (χ1) is 17.9. The van der Waals surface area contributed by atoms with Crippen LogP contribution in [-0.4, -0.2) is 28.4 Å². The number of carbonyl (C=O) groups is 2. The summed E-state index contributed by atoms with van der Waals surface area (Å²) in [5.41, 5.74) is 9.23. The minimum absolute atomic E-state index is 0.144. The van der Waals surface area contributed by atoms with Gasteiger partial charge in [0.2, 0.25) is 0 Å². The highest BCUT2D eigenvalue weighted by Crippen LogP contribution is 2.19. The maximum Gasteiger partial charge on any atom is 0.322 e. The van der Waals surface area contributed by atoms with Crippen LogP contribution in [0, 0.1) is 11.6 Å². The van der Waals surface area contributed by atoms with Crippen LogP contribution in [0.2, 0.25) is 0 Å². The molecule has 0 aliphatic carbocycles. The molecule has 1 aromatic heterocycles. The molecule has 0 saturated carbocycles. The van der Waals surface area contributed by atoms with Crippen LogP contribution >= 0.6 is 0 Å². The molecule has 0 bridgehead atoms. The molecule has 37 heavy (non-hydrogen) atoms. The van der Waals surface area contributed by atoms with E-state index in [0.717, 1.165) is 23.3 Å². The lowest BCUT2D eigenvalue weighted by atomic mass is 10.1. The van der Waals surface area contributed by atoms with E-state index in [2.05, 4.69) is 15.6 Å².